The molecule has 5 aliphatic heterocycles. The van der Waals surface area contributed by atoms with Crippen molar-refractivity contribution in [2.24, 2.45) is 0 Å². The summed E-state index contributed by atoms with van der Waals surface area (Å²) in [7, 11) is 1.63. The summed E-state index contributed by atoms with van der Waals surface area (Å²) in [5.41, 5.74) is 0. The van der Waals surface area contributed by atoms with Crippen molar-refractivity contribution in [3.63, 3.8) is 0 Å². The molecule has 51 heavy (non-hydrogen) atoms. The smallest absolute Gasteiger partial charge is 0.200 e. The minimum Gasteiger partial charge on any atom is -0.497 e. The molecule has 5 saturated heterocycles. The summed E-state index contributed by atoms with van der Waals surface area (Å²) in [5, 5.41) is 31.8. The lowest BCUT2D eigenvalue weighted by Gasteiger charge is -2.44. The van der Waals surface area contributed by atoms with Crippen molar-refractivity contribution >= 4 is 0 Å². The van der Waals surface area contributed by atoms with Crippen molar-refractivity contribution < 1.29 is 67.4 Å². The number of benzene rings is 1. The number of methoxy groups -OCH3 is 1. The molecule has 0 aromatic heterocycles. The van der Waals surface area contributed by atoms with Crippen LogP contribution in [0.1, 0.15) is 86.0 Å². The van der Waals surface area contributed by atoms with Crippen LogP contribution >= 0.6 is 0 Å². The Morgan fingerprint density at radius 1 is 0.471 bits per heavy atom. The molecular formula is C37H58O14. The van der Waals surface area contributed by atoms with Gasteiger partial charge in [0, 0.05) is 32.1 Å². The number of aliphatic hydroxyl groups excluding tert-OH is 3. The van der Waals surface area contributed by atoms with Crippen molar-refractivity contribution in [1.29, 1.82) is 0 Å². The van der Waals surface area contributed by atoms with Gasteiger partial charge in [0.25, 0.3) is 0 Å². The maximum atomic E-state index is 11.0. The van der Waals surface area contributed by atoms with Gasteiger partial charge in [-0.15, -0.1) is 0 Å². The van der Waals surface area contributed by atoms with E-state index in [2.05, 4.69) is 0 Å². The topological polar surface area (TPSA) is 162 Å². The SMILES string of the molecule is COc1ccc(O[C@H]2CC[C@H](O[C@H]3C[C@@H](O[C@H]4CC[C@H](O[C@H]5C[C@@H](O[C@H]6CC[C@H](O)[C@H](C)O6)[C@H](O)[C@@H](C)O5)[C@H](C)O4)[C@H](O)[C@@H](C)O3)[C@H](C)O2)cc1. The fraction of sp³-hybridized carbons (Fsp3) is 0.838. The van der Waals surface area contributed by atoms with E-state index in [0.29, 0.717) is 50.7 Å². The molecule has 1 aromatic rings. The first kappa shape index (κ1) is 39.0. The highest BCUT2D eigenvalue weighted by Crippen LogP contribution is 2.34. The van der Waals surface area contributed by atoms with Crippen LogP contribution in [0.15, 0.2) is 24.3 Å². The van der Waals surface area contributed by atoms with Crippen LogP contribution in [0.4, 0.5) is 0 Å². The minimum atomic E-state index is -0.847. The Hall–Kier alpha value is -1.66. The molecule has 3 N–H and O–H groups in total. The third-order valence-corrected chi connectivity index (χ3v) is 10.7. The summed E-state index contributed by atoms with van der Waals surface area (Å²) in [6.07, 6.45) is -3.85. The van der Waals surface area contributed by atoms with E-state index in [9.17, 15) is 15.3 Å². The maximum Gasteiger partial charge on any atom is 0.200 e. The molecule has 14 heteroatoms. The van der Waals surface area contributed by atoms with E-state index in [1.807, 2.05) is 52.0 Å². The second-order valence-corrected chi connectivity index (χ2v) is 14.6. The van der Waals surface area contributed by atoms with Crippen LogP contribution in [0.5, 0.6) is 11.5 Å². The van der Waals surface area contributed by atoms with Crippen molar-refractivity contribution in [1.82, 2.24) is 0 Å². The lowest BCUT2D eigenvalue weighted by atomic mass is 10.00. The lowest BCUT2D eigenvalue weighted by molar-refractivity contribution is -0.330. The Labute approximate surface area is 300 Å². The molecule has 5 heterocycles. The van der Waals surface area contributed by atoms with Crippen LogP contribution in [0.25, 0.3) is 0 Å². The van der Waals surface area contributed by atoms with Gasteiger partial charge in [-0.3, -0.25) is 0 Å². The van der Waals surface area contributed by atoms with Crippen molar-refractivity contribution in [3.8, 4) is 11.5 Å². The Morgan fingerprint density at radius 2 is 0.882 bits per heavy atom. The largest absolute Gasteiger partial charge is 0.497 e. The molecule has 5 fully saturated rings. The molecule has 0 spiro atoms. The lowest BCUT2D eigenvalue weighted by Crippen LogP contribution is -2.54. The molecule has 17 atom stereocenters. The fourth-order valence-electron chi connectivity index (χ4n) is 7.49. The van der Waals surface area contributed by atoms with E-state index in [1.54, 1.807) is 14.0 Å². The van der Waals surface area contributed by atoms with Crippen LogP contribution in [0.3, 0.4) is 0 Å². The Bertz CT molecular complexity index is 1210. The summed E-state index contributed by atoms with van der Waals surface area (Å²) in [5.74, 6) is 1.47. The third kappa shape index (κ3) is 10.1. The van der Waals surface area contributed by atoms with Gasteiger partial charge in [-0.1, -0.05) is 0 Å². The molecule has 0 aliphatic carbocycles. The molecule has 290 valence electrons. The summed E-state index contributed by atoms with van der Waals surface area (Å²) in [6.45, 7) is 9.32. The van der Waals surface area contributed by atoms with Crippen molar-refractivity contribution in [3.05, 3.63) is 24.3 Å². The summed E-state index contributed by atoms with van der Waals surface area (Å²) in [6, 6.07) is 7.41. The number of hydrogen-bond donors (Lipinski definition) is 3. The zero-order valence-electron chi connectivity index (χ0n) is 30.6. The summed E-state index contributed by atoms with van der Waals surface area (Å²) in [4.78, 5) is 0. The van der Waals surface area contributed by atoms with Gasteiger partial charge in [0.15, 0.2) is 31.5 Å². The monoisotopic (exact) mass is 726 g/mol. The molecule has 14 nitrogen and oxygen atoms in total. The van der Waals surface area contributed by atoms with Crippen LogP contribution in [0, 0.1) is 0 Å². The van der Waals surface area contributed by atoms with Crippen LogP contribution in [-0.4, -0.2) is 127 Å². The van der Waals surface area contributed by atoms with Gasteiger partial charge < -0.3 is 67.4 Å². The molecule has 0 amide bonds. The molecule has 0 unspecified atom stereocenters. The highest BCUT2D eigenvalue weighted by atomic mass is 16.7. The normalized spacial score (nSPS) is 45.2. The number of hydrogen-bond acceptors (Lipinski definition) is 14. The third-order valence-electron chi connectivity index (χ3n) is 10.7. The molecular weight excluding hydrogens is 668 g/mol. The molecule has 1 aromatic carbocycles. The first-order valence-electron chi connectivity index (χ1n) is 18.7. The van der Waals surface area contributed by atoms with E-state index < -0.39 is 67.9 Å². The van der Waals surface area contributed by atoms with Crippen LogP contribution in [0.2, 0.25) is 0 Å². The zero-order chi connectivity index (χ0) is 36.2. The van der Waals surface area contributed by atoms with E-state index in [-0.39, 0.29) is 36.8 Å². The van der Waals surface area contributed by atoms with E-state index in [4.69, 9.17) is 52.1 Å². The number of rotatable bonds is 11. The van der Waals surface area contributed by atoms with Crippen LogP contribution in [-0.2, 0) is 42.6 Å². The van der Waals surface area contributed by atoms with Crippen molar-refractivity contribution in [2.45, 2.75) is 191 Å². The van der Waals surface area contributed by atoms with Crippen molar-refractivity contribution in [2.75, 3.05) is 7.11 Å². The molecule has 0 radical (unpaired) electrons. The average molecular weight is 727 g/mol. The predicted molar refractivity (Wildman–Crippen MR) is 180 cm³/mol. The summed E-state index contributed by atoms with van der Waals surface area (Å²) >= 11 is 0. The van der Waals surface area contributed by atoms with Gasteiger partial charge in [-0.2, -0.15) is 0 Å². The van der Waals surface area contributed by atoms with Gasteiger partial charge in [-0.25, -0.2) is 0 Å². The first-order valence-corrected chi connectivity index (χ1v) is 18.7. The number of aliphatic hydroxyl groups is 3. The molecule has 6 rings (SSSR count). The summed E-state index contributed by atoms with van der Waals surface area (Å²) < 4.78 is 66.8. The standard InChI is InChI=1S/C37H58O14/c1-19-26(38)11-14-32(42-19)50-29-17-34(45-22(4)36(29)39)49-28-13-16-33(44-21(28)3)51-30-18-35(46-23(5)37(30)40)48-27-12-15-31(43-20(27)2)47-25-9-7-24(41-6)8-10-25/h7-10,19-23,26-40H,11-18H2,1-6H3/t19-,20-,21-,22+,23+,26-,27-,28-,29+,30+,31-,32-,33-,34-,35-,36+,37+/m0/s1. The fourth-order valence-corrected chi connectivity index (χ4v) is 7.49. The highest BCUT2D eigenvalue weighted by molar-refractivity contribution is 5.31. The maximum absolute atomic E-state index is 11.0. The second kappa shape index (κ2) is 17.7. The zero-order valence-corrected chi connectivity index (χ0v) is 30.6. The Kier molecular flexibility index (Phi) is 13.5. The Balaban J connectivity index is 0.948. The molecule has 0 bridgehead atoms. The van der Waals surface area contributed by atoms with E-state index in [0.717, 1.165) is 12.2 Å². The molecule has 5 aliphatic rings. The van der Waals surface area contributed by atoms with Gasteiger partial charge in [0.2, 0.25) is 0 Å². The second-order valence-electron chi connectivity index (χ2n) is 14.6. The molecule has 0 saturated carbocycles. The van der Waals surface area contributed by atoms with Crippen LogP contribution < -0.4 is 9.47 Å². The Morgan fingerprint density at radius 3 is 1.37 bits per heavy atom. The van der Waals surface area contributed by atoms with E-state index in [1.165, 1.54) is 0 Å². The van der Waals surface area contributed by atoms with Gasteiger partial charge >= 0.3 is 0 Å². The van der Waals surface area contributed by atoms with E-state index >= 15 is 0 Å². The quantitative estimate of drug-likeness (QED) is 0.304. The number of ether oxygens (including phenoxy) is 11. The highest BCUT2D eigenvalue weighted by Gasteiger charge is 2.44. The average Bonchev–Trinajstić information content (AvgIpc) is 3.10. The van der Waals surface area contributed by atoms with Gasteiger partial charge in [0.05, 0.1) is 68.1 Å². The van der Waals surface area contributed by atoms with Gasteiger partial charge in [-0.05, 0) is 78.1 Å². The van der Waals surface area contributed by atoms with Gasteiger partial charge in [0.1, 0.15) is 23.7 Å². The predicted octanol–water partition coefficient (Wildman–Crippen LogP) is 3.54. The first-order chi connectivity index (χ1) is 24.4. The minimum absolute atomic E-state index is 0.208.